The Morgan fingerprint density at radius 2 is 1.83 bits per heavy atom. The first-order valence-corrected chi connectivity index (χ1v) is 9.92. The van der Waals surface area contributed by atoms with Crippen LogP contribution in [0.25, 0.3) is 10.9 Å². The summed E-state index contributed by atoms with van der Waals surface area (Å²) in [6.07, 6.45) is 3.57. The van der Waals surface area contributed by atoms with Gasteiger partial charge in [0.2, 0.25) is 5.91 Å². The Balaban J connectivity index is 1.45. The van der Waals surface area contributed by atoms with E-state index in [1.165, 1.54) is 6.07 Å². The minimum atomic E-state index is -0.658. The topological polar surface area (TPSA) is 36.4 Å². The van der Waals surface area contributed by atoms with Gasteiger partial charge in [0.1, 0.15) is 11.3 Å². The van der Waals surface area contributed by atoms with Crippen molar-refractivity contribution in [2.24, 2.45) is 0 Å². The van der Waals surface area contributed by atoms with E-state index in [0.29, 0.717) is 31.4 Å². The number of rotatable bonds is 4. The van der Waals surface area contributed by atoms with Crippen molar-refractivity contribution >= 4 is 22.5 Å². The smallest absolute Gasteiger partial charge is 0.222 e. The average Bonchev–Trinajstić information content (AvgIpc) is 2.98. The highest BCUT2D eigenvalue weighted by Crippen LogP contribution is 2.28. The summed E-state index contributed by atoms with van der Waals surface area (Å²) in [4.78, 5) is 20.7. The van der Waals surface area contributed by atoms with E-state index >= 15 is 0 Å². The second kappa shape index (κ2) is 8.55. The maximum atomic E-state index is 14.1. The molecule has 1 aliphatic rings. The van der Waals surface area contributed by atoms with E-state index in [9.17, 15) is 13.6 Å². The van der Waals surface area contributed by atoms with Crippen LogP contribution in [-0.2, 0) is 11.2 Å². The van der Waals surface area contributed by atoms with Crippen molar-refractivity contribution in [2.45, 2.75) is 19.3 Å². The Morgan fingerprint density at radius 3 is 2.66 bits per heavy atom. The van der Waals surface area contributed by atoms with Gasteiger partial charge in [0.25, 0.3) is 0 Å². The molecule has 0 aliphatic carbocycles. The van der Waals surface area contributed by atoms with Gasteiger partial charge in [-0.25, -0.2) is 8.78 Å². The molecule has 1 saturated heterocycles. The summed E-state index contributed by atoms with van der Waals surface area (Å²) in [7, 11) is 0. The van der Waals surface area contributed by atoms with Gasteiger partial charge in [0.15, 0.2) is 5.82 Å². The maximum Gasteiger partial charge on any atom is 0.222 e. The third-order valence-electron chi connectivity index (χ3n) is 5.40. The zero-order valence-corrected chi connectivity index (χ0v) is 16.2. The number of aromatic nitrogens is 1. The lowest BCUT2D eigenvalue weighted by molar-refractivity contribution is -0.130. The minimum Gasteiger partial charge on any atom is -0.369 e. The summed E-state index contributed by atoms with van der Waals surface area (Å²) in [5.74, 6) is -1.13. The van der Waals surface area contributed by atoms with Gasteiger partial charge < -0.3 is 9.80 Å². The maximum absolute atomic E-state index is 14.1. The van der Waals surface area contributed by atoms with Gasteiger partial charge in [-0.15, -0.1) is 0 Å². The van der Waals surface area contributed by atoms with Crippen LogP contribution in [0.15, 0.2) is 54.7 Å². The SMILES string of the molecule is O=C(CCc1ccccc1)N1CCCN(c2ccnc3c(F)cc(F)cc23)CC1. The van der Waals surface area contributed by atoms with Gasteiger partial charge >= 0.3 is 0 Å². The molecule has 0 spiro atoms. The summed E-state index contributed by atoms with van der Waals surface area (Å²) in [5, 5.41) is 0.467. The molecule has 6 heteroatoms. The molecular weight excluding hydrogens is 372 g/mol. The molecule has 1 amide bonds. The van der Waals surface area contributed by atoms with Crippen LogP contribution in [0.3, 0.4) is 0 Å². The normalized spacial score (nSPS) is 14.8. The third-order valence-corrected chi connectivity index (χ3v) is 5.40. The first-order chi connectivity index (χ1) is 14.1. The third kappa shape index (κ3) is 4.36. The molecule has 1 fully saturated rings. The summed E-state index contributed by atoms with van der Waals surface area (Å²) in [5.41, 5.74) is 2.08. The van der Waals surface area contributed by atoms with Crippen LogP contribution in [0.4, 0.5) is 14.5 Å². The van der Waals surface area contributed by atoms with E-state index in [1.807, 2.05) is 35.2 Å². The van der Waals surface area contributed by atoms with Crippen LogP contribution in [0, 0.1) is 11.6 Å². The Kier molecular flexibility index (Phi) is 5.69. The minimum absolute atomic E-state index is 0.146. The van der Waals surface area contributed by atoms with Gasteiger partial charge in [0, 0.05) is 55.9 Å². The van der Waals surface area contributed by atoms with E-state index in [4.69, 9.17) is 0 Å². The first kappa shape index (κ1) is 19.3. The lowest BCUT2D eigenvalue weighted by Crippen LogP contribution is -2.35. The van der Waals surface area contributed by atoms with Crippen molar-refractivity contribution in [3.63, 3.8) is 0 Å². The van der Waals surface area contributed by atoms with Crippen LogP contribution in [-0.4, -0.2) is 42.0 Å². The molecule has 0 saturated carbocycles. The van der Waals surface area contributed by atoms with Gasteiger partial charge in [-0.3, -0.25) is 9.78 Å². The number of fused-ring (bicyclic) bond motifs is 1. The average molecular weight is 395 g/mol. The first-order valence-electron chi connectivity index (χ1n) is 9.92. The molecule has 0 bridgehead atoms. The molecule has 1 aromatic heterocycles. The van der Waals surface area contributed by atoms with Crippen LogP contribution in [0.2, 0.25) is 0 Å². The predicted molar refractivity (Wildman–Crippen MR) is 110 cm³/mol. The molecule has 2 aromatic carbocycles. The highest BCUT2D eigenvalue weighted by molar-refractivity contribution is 5.92. The number of benzene rings is 2. The fourth-order valence-corrected chi connectivity index (χ4v) is 3.90. The van der Waals surface area contributed by atoms with E-state index in [2.05, 4.69) is 9.88 Å². The number of nitrogens with zero attached hydrogens (tertiary/aromatic N) is 3. The number of amides is 1. The van der Waals surface area contributed by atoms with Crippen molar-refractivity contribution in [1.29, 1.82) is 0 Å². The number of pyridine rings is 1. The van der Waals surface area contributed by atoms with E-state index in [-0.39, 0.29) is 11.4 Å². The zero-order valence-electron chi connectivity index (χ0n) is 16.2. The van der Waals surface area contributed by atoms with Crippen LogP contribution in [0.1, 0.15) is 18.4 Å². The quantitative estimate of drug-likeness (QED) is 0.665. The molecule has 0 N–H and O–H groups in total. The van der Waals surface area contributed by atoms with Crippen LogP contribution < -0.4 is 4.90 Å². The van der Waals surface area contributed by atoms with E-state index in [1.54, 1.807) is 12.3 Å². The Bertz CT molecular complexity index is 1010. The predicted octanol–water partition coefficient (Wildman–Crippen LogP) is 4.18. The second-order valence-electron chi connectivity index (χ2n) is 7.32. The summed E-state index contributed by atoms with van der Waals surface area (Å²) >= 11 is 0. The number of carbonyl (C=O) groups is 1. The van der Waals surface area contributed by atoms with Gasteiger partial charge in [-0.2, -0.15) is 0 Å². The fraction of sp³-hybridized carbons (Fsp3) is 0.304. The van der Waals surface area contributed by atoms with Crippen molar-refractivity contribution < 1.29 is 13.6 Å². The van der Waals surface area contributed by atoms with Gasteiger partial charge in [0.05, 0.1) is 0 Å². The van der Waals surface area contributed by atoms with Crippen molar-refractivity contribution in [3.8, 4) is 0 Å². The summed E-state index contributed by atoms with van der Waals surface area (Å²) in [6.45, 7) is 2.62. The van der Waals surface area contributed by atoms with E-state index in [0.717, 1.165) is 36.7 Å². The number of halogens is 2. The summed E-state index contributed by atoms with van der Waals surface area (Å²) in [6, 6.07) is 14.0. The molecular formula is C23H23F2N3O. The summed E-state index contributed by atoms with van der Waals surface area (Å²) < 4.78 is 27.9. The number of aryl methyl sites for hydroxylation is 1. The number of hydrogen-bond acceptors (Lipinski definition) is 3. The highest BCUT2D eigenvalue weighted by Gasteiger charge is 2.21. The molecule has 29 heavy (non-hydrogen) atoms. The second-order valence-corrected chi connectivity index (χ2v) is 7.32. The lowest BCUT2D eigenvalue weighted by Gasteiger charge is -2.25. The van der Waals surface area contributed by atoms with Crippen molar-refractivity contribution in [2.75, 3.05) is 31.1 Å². The molecule has 4 nitrogen and oxygen atoms in total. The molecule has 3 aromatic rings. The Morgan fingerprint density at radius 1 is 1.00 bits per heavy atom. The molecule has 4 rings (SSSR count). The molecule has 0 unspecified atom stereocenters. The number of hydrogen-bond donors (Lipinski definition) is 0. The number of anilines is 1. The fourth-order valence-electron chi connectivity index (χ4n) is 3.90. The molecule has 0 radical (unpaired) electrons. The monoisotopic (exact) mass is 395 g/mol. The Labute approximate surface area is 168 Å². The van der Waals surface area contributed by atoms with Gasteiger partial charge in [-0.1, -0.05) is 30.3 Å². The van der Waals surface area contributed by atoms with Crippen LogP contribution >= 0.6 is 0 Å². The lowest BCUT2D eigenvalue weighted by atomic mass is 10.1. The standard InChI is InChI=1S/C23H23F2N3O/c24-18-15-19-21(9-10-26-23(19)20(25)16-18)27-11-4-12-28(14-13-27)22(29)8-7-17-5-2-1-3-6-17/h1-3,5-6,9-10,15-16H,4,7-8,11-14H2. The molecule has 0 atom stereocenters. The van der Waals surface area contributed by atoms with Crippen molar-refractivity contribution in [3.05, 3.63) is 71.9 Å². The van der Waals surface area contributed by atoms with Gasteiger partial charge in [-0.05, 0) is 30.5 Å². The number of carbonyl (C=O) groups excluding carboxylic acids is 1. The van der Waals surface area contributed by atoms with Crippen molar-refractivity contribution in [1.82, 2.24) is 9.88 Å². The Hall–Kier alpha value is -3.02. The zero-order chi connectivity index (χ0) is 20.2. The molecule has 1 aliphatic heterocycles. The van der Waals surface area contributed by atoms with Crippen LogP contribution in [0.5, 0.6) is 0 Å². The largest absolute Gasteiger partial charge is 0.369 e. The highest BCUT2D eigenvalue weighted by atomic mass is 19.1. The van der Waals surface area contributed by atoms with E-state index < -0.39 is 11.6 Å². The molecule has 150 valence electrons. The molecule has 2 heterocycles.